The van der Waals surface area contributed by atoms with Crippen molar-refractivity contribution in [1.82, 2.24) is 10.2 Å². The number of imide groups is 1. The molecule has 2 aliphatic rings. The smallest absolute Gasteiger partial charge is 0.255 e. The normalized spacial score (nSPS) is 20.9. The summed E-state index contributed by atoms with van der Waals surface area (Å²) in [6, 6.07) is 10.9. The molecular weight excluding hydrogens is 435 g/mol. The van der Waals surface area contributed by atoms with Crippen LogP contribution in [0.1, 0.15) is 53.1 Å². The van der Waals surface area contributed by atoms with Gasteiger partial charge in [0.25, 0.3) is 11.8 Å². The summed E-state index contributed by atoms with van der Waals surface area (Å²) >= 11 is 0. The topological polar surface area (TPSA) is 78.5 Å². The van der Waals surface area contributed by atoms with Crippen LogP contribution in [0.3, 0.4) is 0 Å². The number of likely N-dealkylation sites (tertiary alicyclic amines) is 1. The van der Waals surface area contributed by atoms with E-state index in [4.69, 9.17) is 0 Å². The fraction of sp³-hybridized carbons (Fsp3) is 0.375. The first kappa shape index (κ1) is 23.0. The molecule has 33 heavy (non-hydrogen) atoms. The minimum atomic E-state index is -2.66. The zero-order valence-electron chi connectivity index (χ0n) is 17.9. The van der Waals surface area contributed by atoms with Crippen molar-refractivity contribution in [2.45, 2.75) is 44.1 Å². The van der Waals surface area contributed by atoms with Crippen molar-refractivity contribution in [3.05, 3.63) is 65.0 Å². The lowest BCUT2D eigenvalue weighted by molar-refractivity contribution is -0.134. The number of carbonyl (C=O) groups is 3. The van der Waals surface area contributed by atoms with E-state index in [1.807, 2.05) is 0 Å². The van der Waals surface area contributed by atoms with Gasteiger partial charge in [0, 0.05) is 55.7 Å². The van der Waals surface area contributed by atoms with Crippen LogP contribution in [0.25, 0.3) is 0 Å². The molecule has 174 valence electrons. The highest BCUT2D eigenvalue weighted by Gasteiger charge is 2.34. The number of amides is 3. The van der Waals surface area contributed by atoms with Crippen LogP contribution < -0.4 is 10.6 Å². The van der Waals surface area contributed by atoms with Gasteiger partial charge in [0.1, 0.15) is 5.82 Å². The van der Waals surface area contributed by atoms with Gasteiger partial charge in [0.15, 0.2) is 0 Å². The highest BCUT2D eigenvalue weighted by Crippen LogP contribution is 2.29. The van der Waals surface area contributed by atoms with E-state index in [0.29, 0.717) is 23.2 Å². The lowest BCUT2D eigenvalue weighted by atomic mass is 9.90. The molecule has 0 aromatic heterocycles. The van der Waals surface area contributed by atoms with Gasteiger partial charge < -0.3 is 5.32 Å². The molecule has 2 aliphatic heterocycles. The molecule has 2 N–H and O–H groups in total. The van der Waals surface area contributed by atoms with Gasteiger partial charge in [-0.15, -0.1) is 0 Å². The molecule has 3 amide bonds. The third kappa shape index (κ3) is 5.60. The Balaban J connectivity index is 1.40. The molecule has 6 nitrogen and oxygen atoms in total. The SMILES string of the molecule is O=C1CCC(c2cccc(NC(=O)c3ccc(CN4CCC(F)(F)CC4)c(F)c3)c2)C(=O)N1. The fourth-order valence-corrected chi connectivity index (χ4v) is 4.14. The molecule has 2 saturated heterocycles. The molecule has 0 spiro atoms. The summed E-state index contributed by atoms with van der Waals surface area (Å²) in [7, 11) is 0. The Morgan fingerprint density at radius 2 is 1.88 bits per heavy atom. The average molecular weight is 459 g/mol. The Bertz CT molecular complexity index is 1080. The summed E-state index contributed by atoms with van der Waals surface area (Å²) in [5.74, 6) is -4.90. The highest BCUT2D eigenvalue weighted by atomic mass is 19.3. The van der Waals surface area contributed by atoms with Crippen LogP contribution in [0, 0.1) is 5.82 Å². The van der Waals surface area contributed by atoms with E-state index in [2.05, 4.69) is 10.6 Å². The van der Waals surface area contributed by atoms with Crippen molar-refractivity contribution in [2.75, 3.05) is 18.4 Å². The second-order valence-electron chi connectivity index (χ2n) is 8.52. The van der Waals surface area contributed by atoms with Crippen LogP contribution in [0.15, 0.2) is 42.5 Å². The van der Waals surface area contributed by atoms with E-state index >= 15 is 0 Å². The molecule has 2 heterocycles. The molecule has 2 aromatic carbocycles. The molecule has 0 bridgehead atoms. The number of carbonyl (C=O) groups excluding carboxylic acids is 3. The van der Waals surface area contributed by atoms with Crippen LogP contribution in [-0.4, -0.2) is 41.6 Å². The molecular formula is C24H24F3N3O3. The predicted octanol–water partition coefficient (Wildman–Crippen LogP) is 3.83. The molecule has 0 radical (unpaired) electrons. The first-order valence-corrected chi connectivity index (χ1v) is 10.8. The molecule has 1 unspecified atom stereocenters. The van der Waals surface area contributed by atoms with E-state index in [1.165, 1.54) is 12.1 Å². The lowest BCUT2D eigenvalue weighted by Gasteiger charge is -2.31. The Morgan fingerprint density at radius 1 is 1.12 bits per heavy atom. The number of rotatable bonds is 5. The van der Waals surface area contributed by atoms with E-state index in [0.717, 1.165) is 6.07 Å². The summed E-state index contributed by atoms with van der Waals surface area (Å²) in [5, 5.41) is 5.01. The first-order chi connectivity index (χ1) is 15.7. The first-order valence-electron chi connectivity index (χ1n) is 10.8. The maximum Gasteiger partial charge on any atom is 0.255 e. The summed E-state index contributed by atoms with van der Waals surface area (Å²) in [4.78, 5) is 37.9. The zero-order valence-corrected chi connectivity index (χ0v) is 17.9. The van der Waals surface area contributed by atoms with Gasteiger partial charge in [0.05, 0.1) is 5.92 Å². The molecule has 2 fully saturated rings. The fourth-order valence-electron chi connectivity index (χ4n) is 4.14. The van der Waals surface area contributed by atoms with Gasteiger partial charge in [-0.2, -0.15) is 0 Å². The van der Waals surface area contributed by atoms with Crippen molar-refractivity contribution in [1.29, 1.82) is 0 Å². The van der Waals surface area contributed by atoms with Gasteiger partial charge in [0.2, 0.25) is 11.8 Å². The number of hydrogen-bond acceptors (Lipinski definition) is 4. The number of benzene rings is 2. The Kier molecular flexibility index (Phi) is 6.51. The number of nitrogens with zero attached hydrogens (tertiary/aromatic N) is 1. The van der Waals surface area contributed by atoms with E-state index in [1.54, 1.807) is 29.2 Å². The van der Waals surface area contributed by atoms with Crippen LogP contribution >= 0.6 is 0 Å². The summed E-state index contributed by atoms with van der Waals surface area (Å²) < 4.78 is 41.2. The largest absolute Gasteiger partial charge is 0.322 e. The molecule has 0 aliphatic carbocycles. The number of alkyl halides is 2. The Hall–Kier alpha value is -3.20. The lowest BCUT2D eigenvalue weighted by Crippen LogP contribution is -2.39. The van der Waals surface area contributed by atoms with E-state index < -0.39 is 23.6 Å². The summed E-state index contributed by atoms with van der Waals surface area (Å²) in [5.41, 5.74) is 1.58. The second-order valence-corrected chi connectivity index (χ2v) is 8.52. The van der Waals surface area contributed by atoms with Crippen molar-refractivity contribution in [2.24, 2.45) is 0 Å². The third-order valence-corrected chi connectivity index (χ3v) is 6.08. The zero-order chi connectivity index (χ0) is 23.6. The van der Waals surface area contributed by atoms with Gasteiger partial charge in [-0.05, 0) is 36.2 Å². The maximum atomic E-state index is 14.6. The number of piperidine rings is 2. The average Bonchev–Trinajstić information content (AvgIpc) is 2.76. The molecule has 2 aromatic rings. The summed E-state index contributed by atoms with van der Waals surface area (Å²) in [6.45, 7) is 0.591. The van der Waals surface area contributed by atoms with E-state index in [-0.39, 0.29) is 56.3 Å². The van der Waals surface area contributed by atoms with Crippen LogP contribution in [0.2, 0.25) is 0 Å². The van der Waals surface area contributed by atoms with E-state index in [9.17, 15) is 27.6 Å². The summed E-state index contributed by atoms with van der Waals surface area (Å²) in [6.07, 6.45) is 0.155. The van der Waals surface area contributed by atoms with Crippen LogP contribution in [0.4, 0.5) is 18.9 Å². The van der Waals surface area contributed by atoms with Gasteiger partial charge in [-0.3, -0.25) is 24.6 Å². The van der Waals surface area contributed by atoms with Crippen LogP contribution in [-0.2, 0) is 16.1 Å². The Labute approximate surface area is 189 Å². The number of halogens is 3. The standard InChI is InChI=1S/C24H24F3N3O3/c25-20-13-16(4-5-17(20)14-30-10-8-24(26,27)9-11-30)22(32)28-18-3-1-2-15(12-18)19-6-7-21(31)29-23(19)33/h1-5,12-13,19H,6-11,14H2,(H,28,32)(H,29,31,33). The predicted molar refractivity (Wildman–Crippen MR) is 115 cm³/mol. The van der Waals surface area contributed by atoms with Gasteiger partial charge >= 0.3 is 0 Å². The molecule has 1 atom stereocenters. The quantitative estimate of drug-likeness (QED) is 0.667. The monoisotopic (exact) mass is 459 g/mol. The molecule has 0 saturated carbocycles. The third-order valence-electron chi connectivity index (χ3n) is 6.08. The number of anilines is 1. The molecule has 4 rings (SSSR count). The maximum absolute atomic E-state index is 14.6. The van der Waals surface area contributed by atoms with Crippen molar-refractivity contribution in [3.8, 4) is 0 Å². The molecule has 9 heteroatoms. The van der Waals surface area contributed by atoms with Gasteiger partial charge in [-0.25, -0.2) is 13.2 Å². The number of nitrogens with one attached hydrogen (secondary N) is 2. The van der Waals surface area contributed by atoms with Crippen molar-refractivity contribution >= 4 is 23.4 Å². The van der Waals surface area contributed by atoms with Crippen LogP contribution in [0.5, 0.6) is 0 Å². The highest BCUT2D eigenvalue weighted by molar-refractivity contribution is 6.04. The van der Waals surface area contributed by atoms with Gasteiger partial charge in [-0.1, -0.05) is 18.2 Å². The second kappa shape index (κ2) is 9.35. The Morgan fingerprint density at radius 3 is 2.58 bits per heavy atom. The minimum absolute atomic E-state index is 0.118. The van der Waals surface area contributed by atoms with Crippen molar-refractivity contribution < 1.29 is 27.6 Å². The number of hydrogen-bond donors (Lipinski definition) is 2. The van der Waals surface area contributed by atoms with Crippen molar-refractivity contribution in [3.63, 3.8) is 0 Å². The minimum Gasteiger partial charge on any atom is -0.322 e.